The number of ether oxygens (including phenoxy) is 2. The Hall–Kier alpha value is -2.13. The van der Waals surface area contributed by atoms with Crippen molar-refractivity contribution in [1.29, 1.82) is 0 Å². The fourth-order valence-corrected chi connectivity index (χ4v) is 7.16. The third-order valence-corrected chi connectivity index (χ3v) is 9.01. The van der Waals surface area contributed by atoms with E-state index in [-0.39, 0.29) is 22.4 Å². The van der Waals surface area contributed by atoms with Crippen LogP contribution in [0, 0.1) is 14.4 Å². The Morgan fingerprint density at radius 3 is 2.00 bits per heavy atom. The van der Waals surface area contributed by atoms with E-state index in [1.807, 2.05) is 37.3 Å². The summed E-state index contributed by atoms with van der Waals surface area (Å²) in [5, 5.41) is 3.59. The number of benzene rings is 2. The molecule has 1 heterocycles. The molecule has 3 aliphatic rings. The van der Waals surface area contributed by atoms with E-state index in [1.165, 1.54) is 0 Å². The zero-order valence-corrected chi connectivity index (χ0v) is 26.9. The standard InChI is InChI=1S/C32H35BrINO4/c1-6-38-26-12-19(11-21(34)30(26)39-17-18-7-9-20(33)10-8-18)27-28-22(13-31(2,3)15-24(28)36)35-23-14-32(4,5)16-25(37)29(23)27/h7-12,27,35H,6,13-17H2,1-5H3. The van der Waals surface area contributed by atoms with Crippen molar-refractivity contribution in [2.75, 3.05) is 6.61 Å². The first kappa shape index (κ1) is 28.4. The second-order valence-electron chi connectivity index (χ2n) is 12.4. The number of hydrogen-bond donors (Lipinski definition) is 1. The lowest BCUT2D eigenvalue weighted by molar-refractivity contribution is -0.119. The number of allylic oxidation sites excluding steroid dienone is 4. The van der Waals surface area contributed by atoms with Crippen molar-refractivity contribution in [3.05, 3.63) is 78.1 Å². The molecule has 1 N–H and O–H groups in total. The minimum Gasteiger partial charge on any atom is -0.490 e. The molecule has 0 atom stereocenters. The smallest absolute Gasteiger partial charge is 0.174 e. The van der Waals surface area contributed by atoms with E-state index in [9.17, 15) is 9.59 Å². The van der Waals surface area contributed by atoms with Gasteiger partial charge in [0.25, 0.3) is 0 Å². The fourth-order valence-electron chi connectivity index (χ4n) is 6.12. The third-order valence-electron chi connectivity index (χ3n) is 7.68. The molecule has 0 spiro atoms. The maximum atomic E-state index is 13.7. The van der Waals surface area contributed by atoms with Crippen LogP contribution in [0.1, 0.15) is 77.3 Å². The van der Waals surface area contributed by atoms with Crippen LogP contribution in [0.5, 0.6) is 11.5 Å². The Labute approximate surface area is 253 Å². The molecule has 0 unspecified atom stereocenters. The molecule has 0 saturated carbocycles. The molecule has 5 rings (SSSR count). The monoisotopic (exact) mass is 703 g/mol. The summed E-state index contributed by atoms with van der Waals surface area (Å²) in [6.45, 7) is 11.4. The molecule has 2 aliphatic carbocycles. The number of carbonyl (C=O) groups is 2. The summed E-state index contributed by atoms with van der Waals surface area (Å²) < 4.78 is 14.3. The average molecular weight is 704 g/mol. The van der Waals surface area contributed by atoms with Gasteiger partial charge in [-0.15, -0.1) is 0 Å². The molecule has 0 aromatic heterocycles. The van der Waals surface area contributed by atoms with Crippen molar-refractivity contribution in [2.24, 2.45) is 10.8 Å². The van der Waals surface area contributed by atoms with Crippen LogP contribution in [0.2, 0.25) is 0 Å². The zero-order valence-electron chi connectivity index (χ0n) is 23.2. The highest BCUT2D eigenvalue weighted by Crippen LogP contribution is 2.52. The summed E-state index contributed by atoms with van der Waals surface area (Å²) in [6.07, 6.45) is 2.49. The highest BCUT2D eigenvalue weighted by atomic mass is 127. The number of nitrogens with one attached hydrogen (secondary N) is 1. The molecule has 0 saturated heterocycles. The summed E-state index contributed by atoms with van der Waals surface area (Å²) >= 11 is 5.76. The van der Waals surface area contributed by atoms with E-state index in [0.717, 1.165) is 54.6 Å². The van der Waals surface area contributed by atoms with Gasteiger partial charge in [-0.05, 0) is 88.6 Å². The molecule has 39 heavy (non-hydrogen) atoms. The third kappa shape index (κ3) is 5.85. The lowest BCUT2D eigenvalue weighted by Crippen LogP contribution is -2.42. The van der Waals surface area contributed by atoms with Gasteiger partial charge in [-0.3, -0.25) is 9.59 Å². The molecule has 0 amide bonds. The summed E-state index contributed by atoms with van der Waals surface area (Å²) in [7, 11) is 0. The fraction of sp³-hybridized carbons (Fsp3) is 0.438. The summed E-state index contributed by atoms with van der Waals surface area (Å²) in [4.78, 5) is 27.4. The van der Waals surface area contributed by atoms with E-state index < -0.39 is 5.92 Å². The number of halogens is 2. The first-order valence-electron chi connectivity index (χ1n) is 13.5. The van der Waals surface area contributed by atoms with Crippen LogP contribution in [-0.4, -0.2) is 18.2 Å². The Bertz CT molecular complexity index is 1350. The van der Waals surface area contributed by atoms with Crippen molar-refractivity contribution in [1.82, 2.24) is 5.32 Å². The van der Waals surface area contributed by atoms with Crippen molar-refractivity contribution in [3.8, 4) is 11.5 Å². The Morgan fingerprint density at radius 2 is 1.46 bits per heavy atom. The molecule has 1 aliphatic heterocycles. The molecule has 7 heteroatoms. The van der Waals surface area contributed by atoms with Crippen LogP contribution in [0.4, 0.5) is 0 Å². The molecule has 0 radical (unpaired) electrons. The van der Waals surface area contributed by atoms with Crippen LogP contribution in [0.3, 0.4) is 0 Å². The Morgan fingerprint density at radius 1 is 0.897 bits per heavy atom. The van der Waals surface area contributed by atoms with Crippen molar-refractivity contribution in [2.45, 2.75) is 72.8 Å². The number of rotatable bonds is 6. The lowest BCUT2D eigenvalue weighted by Gasteiger charge is -2.44. The normalized spacial score (nSPS) is 20.4. The maximum absolute atomic E-state index is 13.7. The molecular weight excluding hydrogens is 669 g/mol. The highest BCUT2D eigenvalue weighted by Gasteiger charge is 2.46. The van der Waals surface area contributed by atoms with Gasteiger partial charge in [0.2, 0.25) is 0 Å². The van der Waals surface area contributed by atoms with Crippen molar-refractivity contribution >= 4 is 50.1 Å². The van der Waals surface area contributed by atoms with E-state index in [1.54, 1.807) is 0 Å². The topological polar surface area (TPSA) is 64.6 Å². The van der Waals surface area contributed by atoms with Crippen molar-refractivity contribution < 1.29 is 19.1 Å². The molecular formula is C32H35BrINO4. The molecule has 2 aromatic carbocycles. The zero-order chi connectivity index (χ0) is 28.1. The maximum Gasteiger partial charge on any atom is 0.174 e. The number of hydrogen-bond acceptors (Lipinski definition) is 5. The largest absolute Gasteiger partial charge is 0.490 e. The van der Waals surface area contributed by atoms with Gasteiger partial charge in [0, 0.05) is 45.8 Å². The van der Waals surface area contributed by atoms with Crippen LogP contribution >= 0.6 is 38.5 Å². The van der Waals surface area contributed by atoms with E-state index in [2.05, 4.69) is 77.6 Å². The first-order chi connectivity index (χ1) is 18.4. The first-order valence-corrected chi connectivity index (χ1v) is 15.4. The molecule has 0 bridgehead atoms. The SMILES string of the molecule is CCOc1cc(C2C3=C(CC(C)(C)CC3=O)NC3=C2C(=O)CC(C)(C)C3)cc(I)c1OCc1ccc(Br)cc1. The van der Waals surface area contributed by atoms with Gasteiger partial charge in [0.15, 0.2) is 23.1 Å². The Balaban J connectivity index is 1.60. The van der Waals surface area contributed by atoms with Gasteiger partial charge in [-0.1, -0.05) is 55.8 Å². The van der Waals surface area contributed by atoms with Crippen LogP contribution < -0.4 is 14.8 Å². The summed E-state index contributed by atoms with van der Waals surface area (Å²) in [6, 6.07) is 12.1. The minimum absolute atomic E-state index is 0.117. The predicted molar refractivity (Wildman–Crippen MR) is 165 cm³/mol. The van der Waals surface area contributed by atoms with E-state index in [4.69, 9.17) is 9.47 Å². The molecule has 0 fully saturated rings. The van der Waals surface area contributed by atoms with Crippen LogP contribution in [0.25, 0.3) is 0 Å². The lowest BCUT2D eigenvalue weighted by atomic mass is 9.64. The van der Waals surface area contributed by atoms with Crippen molar-refractivity contribution in [3.63, 3.8) is 0 Å². The van der Waals surface area contributed by atoms with E-state index in [0.29, 0.717) is 37.6 Å². The van der Waals surface area contributed by atoms with Crippen LogP contribution in [0.15, 0.2) is 63.4 Å². The second-order valence-corrected chi connectivity index (χ2v) is 14.5. The number of Topliss-reactive ketones (excluding diaryl/α,β-unsaturated/α-hetero) is 2. The molecule has 5 nitrogen and oxygen atoms in total. The van der Waals surface area contributed by atoms with Gasteiger partial charge in [0.1, 0.15) is 6.61 Å². The minimum atomic E-state index is -0.406. The Kier molecular flexibility index (Phi) is 7.79. The highest BCUT2D eigenvalue weighted by molar-refractivity contribution is 14.1. The molecule has 206 valence electrons. The summed E-state index contributed by atoms with van der Waals surface area (Å²) in [5.41, 5.74) is 5.11. The number of ketones is 2. The van der Waals surface area contributed by atoms with Crippen LogP contribution in [-0.2, 0) is 16.2 Å². The van der Waals surface area contributed by atoms with Gasteiger partial charge >= 0.3 is 0 Å². The predicted octanol–water partition coefficient (Wildman–Crippen LogP) is 8.00. The molecule has 2 aromatic rings. The quantitative estimate of drug-likeness (QED) is 0.309. The van der Waals surface area contributed by atoms with Gasteiger partial charge in [-0.25, -0.2) is 0 Å². The number of carbonyl (C=O) groups excluding carboxylic acids is 2. The van der Waals surface area contributed by atoms with Gasteiger partial charge < -0.3 is 14.8 Å². The van der Waals surface area contributed by atoms with Gasteiger partial charge in [0.05, 0.1) is 10.2 Å². The summed E-state index contributed by atoms with van der Waals surface area (Å²) in [5.74, 6) is 1.13. The second kappa shape index (κ2) is 10.7. The van der Waals surface area contributed by atoms with Gasteiger partial charge in [-0.2, -0.15) is 0 Å². The number of dihydropyridines is 1. The van der Waals surface area contributed by atoms with E-state index >= 15 is 0 Å². The average Bonchev–Trinajstić information content (AvgIpc) is 2.81.